The van der Waals surface area contributed by atoms with E-state index in [9.17, 15) is 8.78 Å². The maximum absolute atomic E-state index is 12.7. The van der Waals surface area contributed by atoms with Gasteiger partial charge in [0.05, 0.1) is 0 Å². The number of nitrogens with zero attached hydrogens (tertiary/aromatic N) is 3. The number of hydrogen-bond donors (Lipinski definition) is 2. The van der Waals surface area contributed by atoms with E-state index in [1.807, 2.05) is 13.8 Å². The first-order valence-electron chi connectivity index (χ1n) is 7.58. The van der Waals surface area contributed by atoms with Crippen LogP contribution in [0.5, 0.6) is 0 Å². The minimum absolute atomic E-state index is 0.103. The summed E-state index contributed by atoms with van der Waals surface area (Å²) in [5, 5.41) is 6.25. The highest BCUT2D eigenvalue weighted by molar-refractivity contribution is 5.79. The molecule has 0 aliphatic rings. The van der Waals surface area contributed by atoms with Crippen molar-refractivity contribution in [2.24, 2.45) is 4.99 Å². The molecule has 0 aliphatic heterocycles. The van der Waals surface area contributed by atoms with E-state index in [0.29, 0.717) is 12.5 Å². The van der Waals surface area contributed by atoms with Crippen LogP contribution >= 0.6 is 0 Å². The molecule has 0 saturated carbocycles. The molecule has 0 amide bonds. The van der Waals surface area contributed by atoms with E-state index in [1.54, 1.807) is 0 Å². The predicted octanol–water partition coefficient (Wildman–Crippen LogP) is 2.15. The van der Waals surface area contributed by atoms with Crippen molar-refractivity contribution in [1.29, 1.82) is 0 Å². The molecule has 22 heavy (non-hydrogen) atoms. The van der Waals surface area contributed by atoms with Crippen LogP contribution in [-0.2, 0) is 11.3 Å². The standard InChI is InChI=1S/C14H25F2N5O/c1-3-17-14(19-7-5-6-10-22-4-2)20-11-12-18-8-9-21(12)13(15)16/h8-9,13H,3-7,10-11H2,1-2H3,(H2,17,19,20). The van der Waals surface area contributed by atoms with Gasteiger partial charge in [-0.2, -0.15) is 8.78 Å². The lowest BCUT2D eigenvalue weighted by Gasteiger charge is -2.11. The van der Waals surface area contributed by atoms with Gasteiger partial charge >= 0.3 is 6.55 Å². The summed E-state index contributed by atoms with van der Waals surface area (Å²) in [5.74, 6) is 0.839. The highest BCUT2D eigenvalue weighted by Gasteiger charge is 2.10. The van der Waals surface area contributed by atoms with Gasteiger partial charge in [-0.1, -0.05) is 0 Å². The highest BCUT2D eigenvalue weighted by Crippen LogP contribution is 2.12. The molecule has 1 aromatic rings. The summed E-state index contributed by atoms with van der Waals surface area (Å²) >= 11 is 0. The minimum atomic E-state index is -2.60. The molecule has 0 aromatic carbocycles. The van der Waals surface area contributed by atoms with Gasteiger partial charge in [0, 0.05) is 38.7 Å². The third-order valence-electron chi connectivity index (χ3n) is 2.89. The molecule has 0 spiro atoms. The zero-order valence-corrected chi connectivity index (χ0v) is 13.2. The van der Waals surface area contributed by atoms with E-state index in [0.717, 1.165) is 37.2 Å². The second kappa shape index (κ2) is 10.9. The summed E-state index contributed by atoms with van der Waals surface area (Å²) in [6.45, 7) is 4.36. The largest absolute Gasteiger partial charge is 0.382 e. The number of imidazole rings is 1. The Labute approximate surface area is 130 Å². The van der Waals surface area contributed by atoms with Gasteiger partial charge in [0.1, 0.15) is 12.4 Å². The van der Waals surface area contributed by atoms with Crippen LogP contribution in [0.4, 0.5) is 8.78 Å². The van der Waals surface area contributed by atoms with E-state index in [2.05, 4.69) is 20.6 Å². The summed E-state index contributed by atoms with van der Waals surface area (Å²) in [4.78, 5) is 8.18. The molecule has 6 nitrogen and oxygen atoms in total. The van der Waals surface area contributed by atoms with Crippen LogP contribution in [0, 0.1) is 0 Å². The van der Waals surface area contributed by atoms with Gasteiger partial charge in [0.15, 0.2) is 5.96 Å². The molecule has 8 heteroatoms. The number of nitrogens with one attached hydrogen (secondary N) is 2. The van der Waals surface area contributed by atoms with Gasteiger partial charge < -0.3 is 15.4 Å². The molecule has 0 aliphatic carbocycles. The molecular weight excluding hydrogens is 292 g/mol. The SMILES string of the molecule is CCNC(=NCc1nccn1C(F)F)NCCCCOCC. The number of unbranched alkanes of at least 4 members (excludes halogenated alkanes) is 1. The fraction of sp³-hybridized carbons (Fsp3) is 0.714. The Morgan fingerprint density at radius 3 is 2.86 bits per heavy atom. The molecule has 0 atom stereocenters. The average molecular weight is 317 g/mol. The Morgan fingerprint density at radius 1 is 1.36 bits per heavy atom. The van der Waals surface area contributed by atoms with Crippen molar-refractivity contribution in [1.82, 2.24) is 20.2 Å². The van der Waals surface area contributed by atoms with Crippen LogP contribution < -0.4 is 10.6 Å². The topological polar surface area (TPSA) is 63.5 Å². The van der Waals surface area contributed by atoms with Crippen LogP contribution in [0.25, 0.3) is 0 Å². The normalized spacial score (nSPS) is 12.0. The van der Waals surface area contributed by atoms with Crippen LogP contribution in [0.15, 0.2) is 17.4 Å². The van der Waals surface area contributed by atoms with Crippen LogP contribution in [-0.4, -0.2) is 41.8 Å². The van der Waals surface area contributed by atoms with E-state index in [-0.39, 0.29) is 12.4 Å². The van der Waals surface area contributed by atoms with E-state index < -0.39 is 6.55 Å². The van der Waals surface area contributed by atoms with Crippen LogP contribution in [0.2, 0.25) is 0 Å². The zero-order chi connectivity index (χ0) is 16.2. The Balaban J connectivity index is 2.42. The van der Waals surface area contributed by atoms with Gasteiger partial charge in [0.2, 0.25) is 0 Å². The fourth-order valence-corrected chi connectivity index (χ4v) is 1.82. The Hall–Kier alpha value is -1.70. The van der Waals surface area contributed by atoms with Gasteiger partial charge in [-0.05, 0) is 26.7 Å². The Kier molecular flexibility index (Phi) is 9.13. The Bertz CT molecular complexity index is 437. The first-order chi connectivity index (χ1) is 10.7. The molecule has 0 bridgehead atoms. The van der Waals surface area contributed by atoms with Crippen LogP contribution in [0.3, 0.4) is 0 Å². The molecule has 1 aromatic heterocycles. The molecule has 1 heterocycles. The molecule has 0 unspecified atom stereocenters. The third-order valence-corrected chi connectivity index (χ3v) is 2.89. The van der Waals surface area contributed by atoms with Gasteiger partial charge in [-0.25, -0.2) is 9.98 Å². The number of ether oxygens (including phenoxy) is 1. The lowest BCUT2D eigenvalue weighted by molar-refractivity contribution is 0.0671. The summed E-state index contributed by atoms with van der Waals surface area (Å²) in [5.41, 5.74) is 0. The minimum Gasteiger partial charge on any atom is -0.382 e. The molecule has 0 fully saturated rings. The number of halogens is 2. The Morgan fingerprint density at radius 2 is 2.18 bits per heavy atom. The lowest BCUT2D eigenvalue weighted by atomic mass is 10.3. The first-order valence-corrected chi connectivity index (χ1v) is 7.58. The lowest BCUT2D eigenvalue weighted by Crippen LogP contribution is -2.37. The second-order valence-electron chi connectivity index (χ2n) is 4.55. The van der Waals surface area contributed by atoms with Crippen molar-refractivity contribution in [2.75, 3.05) is 26.3 Å². The van der Waals surface area contributed by atoms with Crippen molar-refractivity contribution < 1.29 is 13.5 Å². The molecular formula is C14H25F2N5O. The van der Waals surface area contributed by atoms with E-state index in [1.165, 1.54) is 12.4 Å². The monoisotopic (exact) mass is 317 g/mol. The summed E-state index contributed by atoms with van der Waals surface area (Å²) < 4.78 is 31.5. The maximum Gasteiger partial charge on any atom is 0.319 e. The second-order valence-corrected chi connectivity index (χ2v) is 4.55. The summed E-state index contributed by atoms with van der Waals surface area (Å²) in [7, 11) is 0. The molecule has 0 saturated heterocycles. The van der Waals surface area contributed by atoms with Crippen molar-refractivity contribution >= 4 is 5.96 Å². The summed E-state index contributed by atoms with van der Waals surface area (Å²) in [6, 6.07) is 0. The third kappa shape index (κ3) is 6.84. The van der Waals surface area contributed by atoms with Crippen molar-refractivity contribution in [3.63, 3.8) is 0 Å². The molecule has 0 radical (unpaired) electrons. The zero-order valence-electron chi connectivity index (χ0n) is 13.2. The summed E-state index contributed by atoms with van der Waals surface area (Å²) in [6.07, 6.45) is 4.53. The average Bonchev–Trinajstić information content (AvgIpc) is 2.97. The highest BCUT2D eigenvalue weighted by atomic mass is 19.3. The van der Waals surface area contributed by atoms with Gasteiger partial charge in [-0.15, -0.1) is 0 Å². The maximum atomic E-state index is 12.7. The number of guanidine groups is 1. The predicted molar refractivity (Wildman–Crippen MR) is 82.0 cm³/mol. The van der Waals surface area contributed by atoms with Gasteiger partial charge in [-0.3, -0.25) is 4.57 Å². The van der Waals surface area contributed by atoms with Crippen molar-refractivity contribution in [2.45, 2.75) is 39.8 Å². The first kappa shape index (κ1) is 18.3. The number of aliphatic imine (C=N–C) groups is 1. The van der Waals surface area contributed by atoms with E-state index in [4.69, 9.17) is 4.74 Å². The molecule has 1 rings (SSSR count). The molecule has 126 valence electrons. The quantitative estimate of drug-likeness (QED) is 0.394. The number of rotatable bonds is 10. The van der Waals surface area contributed by atoms with Crippen molar-refractivity contribution in [3.05, 3.63) is 18.2 Å². The number of alkyl halides is 2. The van der Waals surface area contributed by atoms with Crippen molar-refractivity contribution in [3.8, 4) is 0 Å². The smallest absolute Gasteiger partial charge is 0.319 e. The molecule has 2 N–H and O–H groups in total. The fourth-order valence-electron chi connectivity index (χ4n) is 1.82. The van der Waals surface area contributed by atoms with E-state index >= 15 is 0 Å². The number of hydrogen-bond acceptors (Lipinski definition) is 3. The van der Waals surface area contributed by atoms with Crippen LogP contribution in [0.1, 0.15) is 39.1 Å². The van der Waals surface area contributed by atoms with Gasteiger partial charge in [0.25, 0.3) is 0 Å². The number of aromatic nitrogens is 2.